The molecule has 1 fully saturated rings. The molecule has 2 aliphatic rings. The van der Waals surface area contributed by atoms with Gasteiger partial charge in [0.2, 0.25) is 0 Å². The number of benzene rings is 1. The summed E-state index contributed by atoms with van der Waals surface area (Å²) in [6, 6.07) is 6.99. The molecule has 5 heteroatoms. The molecule has 1 aliphatic carbocycles. The Labute approximate surface area is 123 Å². The van der Waals surface area contributed by atoms with Gasteiger partial charge in [0.05, 0.1) is 19.3 Å². The maximum absolute atomic E-state index is 12.6. The lowest BCUT2D eigenvalue weighted by atomic mass is 9.91. The second-order valence-corrected chi connectivity index (χ2v) is 5.66. The van der Waals surface area contributed by atoms with Gasteiger partial charge >= 0.3 is 0 Å². The van der Waals surface area contributed by atoms with E-state index in [4.69, 9.17) is 4.74 Å². The minimum atomic E-state index is -0.553. The number of rotatable bonds is 2. The lowest BCUT2D eigenvalue weighted by Crippen LogP contribution is -2.41. The van der Waals surface area contributed by atoms with E-state index in [1.54, 1.807) is 30.2 Å². The minimum absolute atomic E-state index is 0.0314. The Hall–Kier alpha value is -2.06. The first-order valence-corrected chi connectivity index (χ1v) is 7.24. The summed E-state index contributed by atoms with van der Waals surface area (Å²) in [6.45, 7) is 0. The Kier molecular flexibility index (Phi) is 3.56. The van der Waals surface area contributed by atoms with Crippen LogP contribution in [0.25, 0.3) is 0 Å². The van der Waals surface area contributed by atoms with E-state index in [9.17, 15) is 15.2 Å². The molecule has 1 heterocycles. The van der Waals surface area contributed by atoms with E-state index in [1.807, 2.05) is 0 Å². The summed E-state index contributed by atoms with van der Waals surface area (Å²) in [5.74, 6) is 0.573. The second-order valence-electron chi connectivity index (χ2n) is 5.66. The second kappa shape index (κ2) is 5.38. The maximum atomic E-state index is 12.6. The summed E-state index contributed by atoms with van der Waals surface area (Å²) in [4.78, 5) is 14.3. The third-order valence-corrected chi connectivity index (χ3v) is 4.48. The Balaban J connectivity index is 1.93. The molecular weight excluding hydrogens is 268 g/mol. The largest absolute Gasteiger partial charge is 0.497 e. The molecule has 1 amide bonds. The van der Waals surface area contributed by atoms with Gasteiger partial charge in [0.1, 0.15) is 11.8 Å². The van der Waals surface area contributed by atoms with Crippen molar-refractivity contribution in [1.82, 2.24) is 4.90 Å². The van der Waals surface area contributed by atoms with E-state index in [0.29, 0.717) is 24.2 Å². The SMILES string of the molecule is COc1ccc2c(c1)C(C#N)N(C1CCC(O)CC1)C2=O. The summed E-state index contributed by atoms with van der Waals surface area (Å²) >= 11 is 0. The minimum Gasteiger partial charge on any atom is -0.497 e. The molecule has 1 atom stereocenters. The van der Waals surface area contributed by atoms with Gasteiger partial charge in [-0.25, -0.2) is 0 Å². The van der Waals surface area contributed by atoms with E-state index >= 15 is 0 Å². The van der Waals surface area contributed by atoms with Crippen LogP contribution < -0.4 is 4.74 Å². The van der Waals surface area contributed by atoms with Crippen molar-refractivity contribution >= 4 is 5.91 Å². The molecule has 1 saturated carbocycles. The summed E-state index contributed by atoms with van der Waals surface area (Å²) in [5, 5.41) is 19.1. The number of ether oxygens (including phenoxy) is 1. The number of carbonyl (C=O) groups excluding carboxylic acids is 1. The number of hydrogen-bond donors (Lipinski definition) is 1. The van der Waals surface area contributed by atoms with Gasteiger partial charge in [-0.3, -0.25) is 4.79 Å². The normalized spacial score (nSPS) is 28.1. The third-order valence-electron chi connectivity index (χ3n) is 4.48. The standard InChI is InChI=1S/C16H18N2O3/c1-21-12-6-7-13-14(8-12)15(9-17)18(16(13)20)10-2-4-11(19)5-3-10/h6-8,10-11,15,19H,2-5H2,1H3. The quantitative estimate of drug-likeness (QED) is 0.902. The number of nitrogens with zero attached hydrogens (tertiary/aromatic N) is 2. The molecule has 1 unspecified atom stereocenters. The highest BCUT2D eigenvalue weighted by molar-refractivity contribution is 6.00. The fraction of sp³-hybridized carbons (Fsp3) is 0.500. The van der Waals surface area contributed by atoms with Crippen molar-refractivity contribution < 1.29 is 14.6 Å². The van der Waals surface area contributed by atoms with Crippen LogP contribution in [0.15, 0.2) is 18.2 Å². The number of carbonyl (C=O) groups is 1. The monoisotopic (exact) mass is 286 g/mol. The smallest absolute Gasteiger partial charge is 0.255 e. The first-order chi connectivity index (χ1) is 10.2. The van der Waals surface area contributed by atoms with Crippen molar-refractivity contribution in [3.05, 3.63) is 29.3 Å². The van der Waals surface area contributed by atoms with Gasteiger partial charge in [-0.15, -0.1) is 0 Å². The van der Waals surface area contributed by atoms with Gasteiger partial charge in [-0.1, -0.05) is 0 Å². The number of hydrogen-bond acceptors (Lipinski definition) is 4. The molecule has 3 rings (SSSR count). The van der Waals surface area contributed by atoms with E-state index in [2.05, 4.69) is 6.07 Å². The number of nitriles is 1. The van der Waals surface area contributed by atoms with Gasteiger partial charge in [0.25, 0.3) is 5.91 Å². The first kappa shape index (κ1) is 13.9. The fourth-order valence-corrected chi connectivity index (χ4v) is 3.34. The first-order valence-electron chi connectivity index (χ1n) is 7.24. The van der Waals surface area contributed by atoms with Crippen LogP contribution in [-0.4, -0.2) is 35.2 Å². The van der Waals surface area contributed by atoms with Crippen molar-refractivity contribution in [3.8, 4) is 11.8 Å². The molecule has 110 valence electrons. The van der Waals surface area contributed by atoms with Crippen LogP contribution in [0.4, 0.5) is 0 Å². The van der Waals surface area contributed by atoms with Crippen molar-refractivity contribution in [2.24, 2.45) is 0 Å². The lowest BCUT2D eigenvalue weighted by Gasteiger charge is -2.34. The van der Waals surface area contributed by atoms with Crippen LogP contribution >= 0.6 is 0 Å². The molecule has 0 radical (unpaired) electrons. The number of aliphatic hydroxyl groups excluding tert-OH is 1. The van der Waals surface area contributed by atoms with Crippen LogP contribution in [0.2, 0.25) is 0 Å². The molecule has 0 bridgehead atoms. The van der Waals surface area contributed by atoms with E-state index < -0.39 is 6.04 Å². The topological polar surface area (TPSA) is 73.6 Å². The average molecular weight is 286 g/mol. The fourth-order valence-electron chi connectivity index (χ4n) is 3.34. The Morgan fingerprint density at radius 1 is 1.33 bits per heavy atom. The van der Waals surface area contributed by atoms with Crippen molar-refractivity contribution in [1.29, 1.82) is 5.26 Å². The molecule has 1 N–H and O–H groups in total. The van der Waals surface area contributed by atoms with Crippen LogP contribution in [0, 0.1) is 11.3 Å². The van der Waals surface area contributed by atoms with Crippen molar-refractivity contribution in [2.75, 3.05) is 7.11 Å². The maximum Gasteiger partial charge on any atom is 0.255 e. The van der Waals surface area contributed by atoms with Gasteiger partial charge in [-0.2, -0.15) is 5.26 Å². The van der Waals surface area contributed by atoms with E-state index in [1.165, 1.54) is 0 Å². The van der Waals surface area contributed by atoms with Gasteiger partial charge < -0.3 is 14.7 Å². The summed E-state index contributed by atoms with van der Waals surface area (Å²) in [7, 11) is 1.57. The summed E-state index contributed by atoms with van der Waals surface area (Å²) < 4.78 is 5.19. The van der Waals surface area contributed by atoms with Gasteiger partial charge in [0.15, 0.2) is 0 Å². The zero-order valence-corrected chi connectivity index (χ0v) is 12.0. The number of methoxy groups -OCH3 is 1. The highest BCUT2D eigenvalue weighted by Gasteiger charge is 2.42. The highest BCUT2D eigenvalue weighted by atomic mass is 16.5. The number of fused-ring (bicyclic) bond motifs is 1. The van der Waals surface area contributed by atoms with Crippen LogP contribution in [0.3, 0.4) is 0 Å². The average Bonchev–Trinajstić information content (AvgIpc) is 2.80. The van der Waals surface area contributed by atoms with Crippen molar-refractivity contribution in [2.45, 2.75) is 43.9 Å². The molecule has 21 heavy (non-hydrogen) atoms. The van der Waals surface area contributed by atoms with Crippen LogP contribution in [0.5, 0.6) is 5.75 Å². The zero-order chi connectivity index (χ0) is 15.0. The van der Waals surface area contributed by atoms with Gasteiger partial charge in [-0.05, 0) is 43.9 Å². The summed E-state index contributed by atoms with van der Waals surface area (Å²) in [6.07, 6.45) is 2.59. The predicted octanol–water partition coefficient (Wildman–Crippen LogP) is 2.02. The van der Waals surface area contributed by atoms with Gasteiger partial charge in [0, 0.05) is 17.2 Å². The summed E-state index contributed by atoms with van der Waals surface area (Å²) in [5.41, 5.74) is 1.32. The molecule has 0 spiro atoms. The molecule has 5 nitrogen and oxygen atoms in total. The highest BCUT2D eigenvalue weighted by Crippen LogP contribution is 2.39. The molecule has 1 aromatic carbocycles. The van der Waals surface area contributed by atoms with E-state index in [0.717, 1.165) is 18.4 Å². The van der Waals surface area contributed by atoms with E-state index in [-0.39, 0.29) is 18.1 Å². The molecule has 1 aliphatic heterocycles. The predicted molar refractivity (Wildman–Crippen MR) is 75.8 cm³/mol. The molecule has 1 aromatic rings. The Morgan fingerprint density at radius 2 is 2.05 bits per heavy atom. The van der Waals surface area contributed by atoms with Crippen molar-refractivity contribution in [3.63, 3.8) is 0 Å². The number of amides is 1. The Morgan fingerprint density at radius 3 is 2.67 bits per heavy atom. The molecule has 0 aromatic heterocycles. The van der Waals surface area contributed by atoms with Crippen LogP contribution in [0.1, 0.15) is 47.6 Å². The molecular formula is C16H18N2O3. The third kappa shape index (κ3) is 2.26. The molecule has 0 saturated heterocycles. The number of aliphatic hydroxyl groups is 1. The van der Waals surface area contributed by atoms with Crippen LogP contribution in [-0.2, 0) is 0 Å². The zero-order valence-electron chi connectivity index (χ0n) is 12.0. The Bertz CT molecular complexity index is 600. The lowest BCUT2D eigenvalue weighted by molar-refractivity contribution is 0.0479.